The van der Waals surface area contributed by atoms with Gasteiger partial charge < -0.3 is 10.3 Å². The van der Waals surface area contributed by atoms with Gasteiger partial charge in [0.1, 0.15) is 5.82 Å². The minimum absolute atomic E-state index is 0.0389. The van der Waals surface area contributed by atoms with E-state index in [0.717, 1.165) is 44.2 Å². The van der Waals surface area contributed by atoms with Gasteiger partial charge in [0.05, 0.1) is 6.04 Å². The van der Waals surface area contributed by atoms with Crippen molar-refractivity contribution in [2.45, 2.75) is 32.4 Å². The molecule has 1 fully saturated rings. The van der Waals surface area contributed by atoms with Crippen molar-refractivity contribution in [1.29, 1.82) is 0 Å². The lowest BCUT2D eigenvalue weighted by molar-refractivity contribution is 0.0479. The van der Waals surface area contributed by atoms with E-state index >= 15 is 0 Å². The fraction of sp³-hybridized carbons (Fsp3) is 0.400. The highest BCUT2D eigenvalue weighted by atomic mass is 15.3. The molecule has 30 heavy (non-hydrogen) atoms. The van der Waals surface area contributed by atoms with Crippen molar-refractivity contribution < 1.29 is 0 Å². The molecule has 5 nitrogen and oxygen atoms in total. The largest absolute Gasteiger partial charge is 0.320 e. The maximum atomic E-state index is 6.61. The van der Waals surface area contributed by atoms with Crippen molar-refractivity contribution in [2.24, 2.45) is 5.73 Å². The first-order valence-electron chi connectivity index (χ1n) is 10.8. The van der Waals surface area contributed by atoms with Gasteiger partial charge in [0.15, 0.2) is 0 Å². The molecule has 1 saturated heterocycles. The first kappa shape index (κ1) is 20.8. The number of rotatable bonds is 6. The van der Waals surface area contributed by atoms with E-state index in [1.807, 2.05) is 12.4 Å². The quantitative estimate of drug-likeness (QED) is 0.681. The topological polar surface area (TPSA) is 50.3 Å². The Morgan fingerprint density at radius 3 is 2.30 bits per heavy atom. The summed E-state index contributed by atoms with van der Waals surface area (Å²) >= 11 is 0. The second-order valence-corrected chi connectivity index (χ2v) is 8.81. The number of benzene rings is 2. The Bertz CT molecular complexity index is 937. The van der Waals surface area contributed by atoms with Gasteiger partial charge in [-0.2, -0.15) is 0 Å². The Labute approximate surface area is 180 Å². The molecule has 1 atom stereocenters. The number of hydrogen-bond acceptors (Lipinski definition) is 4. The maximum Gasteiger partial charge on any atom is 0.131 e. The van der Waals surface area contributed by atoms with E-state index in [0.29, 0.717) is 0 Å². The standard InChI is InChI=1S/C25H33N5/c1-20-9-11-22(12-10-20)30-14-13-27-24(30)23(26)19-28-15-17-29(18-16-28)25(2,3)21-7-5-4-6-8-21/h4-14,23H,15-19,26H2,1-3H3. The zero-order valence-electron chi connectivity index (χ0n) is 18.3. The molecule has 0 radical (unpaired) electrons. The number of piperazine rings is 1. The molecule has 158 valence electrons. The fourth-order valence-electron chi connectivity index (χ4n) is 4.39. The molecule has 0 spiro atoms. The Morgan fingerprint density at radius 1 is 0.967 bits per heavy atom. The Hall–Kier alpha value is -2.47. The smallest absolute Gasteiger partial charge is 0.131 e. The van der Waals surface area contributed by atoms with Gasteiger partial charge in [0.2, 0.25) is 0 Å². The summed E-state index contributed by atoms with van der Waals surface area (Å²) in [6.07, 6.45) is 3.84. The SMILES string of the molecule is Cc1ccc(-n2ccnc2C(N)CN2CCN(C(C)(C)c3ccccc3)CC2)cc1. The molecular formula is C25H33N5. The highest BCUT2D eigenvalue weighted by Crippen LogP contribution is 2.29. The second-order valence-electron chi connectivity index (χ2n) is 8.81. The van der Waals surface area contributed by atoms with Gasteiger partial charge in [-0.3, -0.25) is 9.80 Å². The number of aromatic nitrogens is 2. The summed E-state index contributed by atoms with van der Waals surface area (Å²) in [6, 6.07) is 19.2. The van der Waals surface area contributed by atoms with E-state index in [-0.39, 0.29) is 11.6 Å². The Kier molecular flexibility index (Phi) is 6.04. The highest BCUT2D eigenvalue weighted by molar-refractivity contribution is 5.36. The van der Waals surface area contributed by atoms with Crippen LogP contribution in [0, 0.1) is 6.92 Å². The molecule has 2 heterocycles. The summed E-state index contributed by atoms with van der Waals surface area (Å²) in [5.41, 5.74) is 10.4. The zero-order chi connectivity index (χ0) is 21.1. The number of nitrogens with two attached hydrogens (primary N) is 1. The first-order chi connectivity index (χ1) is 14.4. The molecule has 3 aromatic rings. The lowest BCUT2D eigenvalue weighted by Crippen LogP contribution is -2.54. The molecule has 1 unspecified atom stereocenters. The van der Waals surface area contributed by atoms with Crippen LogP contribution in [0.4, 0.5) is 0 Å². The van der Waals surface area contributed by atoms with Crippen LogP contribution in [0.2, 0.25) is 0 Å². The monoisotopic (exact) mass is 403 g/mol. The molecule has 0 aliphatic carbocycles. The molecule has 1 aliphatic rings. The molecule has 2 aromatic carbocycles. The van der Waals surface area contributed by atoms with Crippen LogP contribution in [-0.2, 0) is 5.54 Å². The van der Waals surface area contributed by atoms with E-state index < -0.39 is 0 Å². The molecule has 5 heteroatoms. The molecule has 1 aliphatic heterocycles. The van der Waals surface area contributed by atoms with Gasteiger partial charge in [-0.15, -0.1) is 0 Å². The summed E-state index contributed by atoms with van der Waals surface area (Å²) in [5.74, 6) is 0.922. The summed E-state index contributed by atoms with van der Waals surface area (Å²) in [4.78, 5) is 9.62. The third-order valence-electron chi connectivity index (χ3n) is 6.41. The number of aryl methyl sites for hydroxylation is 1. The van der Waals surface area contributed by atoms with Crippen LogP contribution >= 0.6 is 0 Å². The highest BCUT2D eigenvalue weighted by Gasteiger charge is 2.31. The molecule has 4 rings (SSSR count). The molecule has 0 saturated carbocycles. The third kappa shape index (κ3) is 4.33. The summed E-state index contributed by atoms with van der Waals surface area (Å²) in [5, 5.41) is 0. The lowest BCUT2D eigenvalue weighted by Gasteiger charge is -2.44. The summed E-state index contributed by atoms with van der Waals surface area (Å²) in [7, 11) is 0. The molecular weight excluding hydrogens is 370 g/mol. The van der Waals surface area contributed by atoms with Crippen LogP contribution in [0.3, 0.4) is 0 Å². The van der Waals surface area contributed by atoms with Crippen LogP contribution in [0.25, 0.3) is 5.69 Å². The van der Waals surface area contributed by atoms with Crippen LogP contribution in [0.15, 0.2) is 67.0 Å². The number of hydrogen-bond donors (Lipinski definition) is 1. The van der Waals surface area contributed by atoms with Crippen molar-refractivity contribution >= 4 is 0 Å². The predicted octanol–water partition coefficient (Wildman–Crippen LogP) is 3.73. The van der Waals surface area contributed by atoms with E-state index in [1.54, 1.807) is 0 Å². The van der Waals surface area contributed by atoms with Crippen LogP contribution in [0.5, 0.6) is 0 Å². The van der Waals surface area contributed by atoms with Gasteiger partial charge >= 0.3 is 0 Å². The van der Waals surface area contributed by atoms with Gasteiger partial charge in [0.25, 0.3) is 0 Å². The van der Waals surface area contributed by atoms with Crippen molar-refractivity contribution in [3.05, 3.63) is 83.9 Å². The predicted molar refractivity (Wildman–Crippen MR) is 123 cm³/mol. The Balaban J connectivity index is 1.38. The van der Waals surface area contributed by atoms with Crippen LogP contribution in [-0.4, -0.2) is 52.1 Å². The van der Waals surface area contributed by atoms with E-state index in [1.165, 1.54) is 11.1 Å². The third-order valence-corrected chi connectivity index (χ3v) is 6.41. The minimum Gasteiger partial charge on any atom is -0.320 e. The van der Waals surface area contributed by atoms with Gasteiger partial charge in [-0.05, 0) is 38.5 Å². The number of imidazole rings is 1. The average Bonchev–Trinajstić information content (AvgIpc) is 3.25. The number of nitrogens with zero attached hydrogens (tertiary/aromatic N) is 4. The maximum absolute atomic E-state index is 6.61. The molecule has 0 bridgehead atoms. The minimum atomic E-state index is -0.116. The van der Waals surface area contributed by atoms with E-state index in [4.69, 9.17) is 5.73 Å². The summed E-state index contributed by atoms with van der Waals surface area (Å²) < 4.78 is 2.11. The van der Waals surface area contributed by atoms with Crippen molar-refractivity contribution in [3.63, 3.8) is 0 Å². The fourth-order valence-corrected chi connectivity index (χ4v) is 4.39. The van der Waals surface area contributed by atoms with E-state index in [9.17, 15) is 0 Å². The van der Waals surface area contributed by atoms with Crippen LogP contribution in [0.1, 0.15) is 36.8 Å². The van der Waals surface area contributed by atoms with Crippen molar-refractivity contribution in [3.8, 4) is 5.69 Å². The van der Waals surface area contributed by atoms with E-state index in [2.05, 4.69) is 94.7 Å². The van der Waals surface area contributed by atoms with Crippen LogP contribution < -0.4 is 5.73 Å². The molecule has 2 N–H and O–H groups in total. The van der Waals surface area contributed by atoms with Gasteiger partial charge in [-0.25, -0.2) is 4.98 Å². The second kappa shape index (κ2) is 8.72. The summed E-state index contributed by atoms with van der Waals surface area (Å²) in [6.45, 7) is 11.7. The first-order valence-corrected chi connectivity index (χ1v) is 10.8. The molecule has 0 amide bonds. The average molecular weight is 404 g/mol. The normalized spacial score (nSPS) is 17.2. The molecule has 1 aromatic heterocycles. The van der Waals surface area contributed by atoms with Gasteiger partial charge in [-0.1, -0.05) is 48.0 Å². The van der Waals surface area contributed by atoms with Crippen molar-refractivity contribution in [2.75, 3.05) is 32.7 Å². The van der Waals surface area contributed by atoms with Gasteiger partial charge in [0, 0.05) is 56.3 Å². The Morgan fingerprint density at radius 2 is 1.63 bits per heavy atom. The lowest BCUT2D eigenvalue weighted by atomic mass is 9.91. The zero-order valence-corrected chi connectivity index (χ0v) is 18.3. The van der Waals surface area contributed by atoms with Crippen molar-refractivity contribution in [1.82, 2.24) is 19.4 Å².